The number of imidazole rings is 1. The van der Waals surface area contributed by atoms with Crippen LogP contribution in [-0.4, -0.2) is 33.1 Å². The Morgan fingerprint density at radius 2 is 1.97 bits per heavy atom. The van der Waals surface area contributed by atoms with Crippen LogP contribution in [0.1, 0.15) is 0 Å². The summed E-state index contributed by atoms with van der Waals surface area (Å²) in [5.41, 5.74) is 2.17. The molecule has 0 aliphatic carbocycles. The molecule has 29 heavy (non-hydrogen) atoms. The van der Waals surface area contributed by atoms with Crippen LogP contribution in [0.2, 0.25) is 0 Å². The molecule has 3 heterocycles. The number of ether oxygens (including phenoxy) is 1. The van der Waals surface area contributed by atoms with Crippen molar-refractivity contribution >= 4 is 46.3 Å². The van der Waals surface area contributed by atoms with E-state index in [-0.39, 0.29) is 0 Å². The number of nitrogens with zero attached hydrogens (tertiary/aromatic N) is 3. The topological polar surface area (TPSA) is 105 Å². The molecular formula is C19H15FN6O2S. The number of benzene rings is 1. The summed E-state index contributed by atoms with van der Waals surface area (Å²) in [6.07, 6.45) is 2.56. The van der Waals surface area contributed by atoms with Crippen molar-refractivity contribution in [2.75, 3.05) is 17.7 Å². The summed E-state index contributed by atoms with van der Waals surface area (Å²) in [5, 5.41) is 5.56. The first-order valence-corrected chi connectivity index (χ1v) is 9.28. The summed E-state index contributed by atoms with van der Waals surface area (Å²) in [7, 11) is 1.29. The normalized spacial score (nSPS) is 10.7. The van der Waals surface area contributed by atoms with Crippen molar-refractivity contribution in [1.82, 2.24) is 19.9 Å². The second kappa shape index (κ2) is 8.15. The monoisotopic (exact) mass is 410 g/mol. The predicted molar refractivity (Wildman–Crippen MR) is 108 cm³/mol. The number of fused-ring (bicyclic) bond motifs is 1. The van der Waals surface area contributed by atoms with Gasteiger partial charge < -0.3 is 15.0 Å². The smallest absolute Gasteiger partial charge is 0.413 e. The molecule has 146 valence electrons. The van der Waals surface area contributed by atoms with E-state index in [1.807, 2.05) is 30.3 Å². The number of methoxy groups -OCH3 is 1. The van der Waals surface area contributed by atoms with Gasteiger partial charge in [-0.2, -0.15) is 4.39 Å². The number of nitrogens with one attached hydrogen (secondary N) is 3. The highest BCUT2D eigenvalue weighted by Gasteiger charge is 2.08. The zero-order valence-electron chi connectivity index (χ0n) is 15.1. The van der Waals surface area contributed by atoms with Gasteiger partial charge in [0.1, 0.15) is 5.82 Å². The third-order valence-corrected chi connectivity index (χ3v) is 4.80. The van der Waals surface area contributed by atoms with Gasteiger partial charge in [-0.1, -0.05) is 11.8 Å². The van der Waals surface area contributed by atoms with E-state index in [0.29, 0.717) is 17.5 Å². The number of hydrogen-bond acceptors (Lipinski definition) is 7. The Hall–Kier alpha value is -3.66. The van der Waals surface area contributed by atoms with Crippen molar-refractivity contribution < 1.29 is 13.9 Å². The molecular weight excluding hydrogens is 395 g/mol. The van der Waals surface area contributed by atoms with Crippen LogP contribution in [0.25, 0.3) is 11.0 Å². The lowest BCUT2D eigenvalue weighted by atomic mass is 10.3. The standard InChI is InChI=1S/C19H15FN6O2S/c1-28-19(27)26-18-24-14-5-3-12(8-15(14)25-18)29-13-4-7-17(22-10-13)23-11-2-6-16(20)21-9-11/h2-10H,1H3,(H,22,23)(H2,24,25,26,27). The van der Waals surface area contributed by atoms with E-state index in [0.717, 1.165) is 20.8 Å². The second-order valence-electron chi connectivity index (χ2n) is 5.86. The molecule has 0 fully saturated rings. The maximum Gasteiger partial charge on any atom is 0.413 e. The molecule has 8 nitrogen and oxygen atoms in total. The average Bonchev–Trinajstić information content (AvgIpc) is 3.12. The number of pyridine rings is 2. The minimum Gasteiger partial charge on any atom is -0.453 e. The Kier molecular flexibility index (Phi) is 5.25. The van der Waals surface area contributed by atoms with Crippen LogP contribution in [0.4, 0.5) is 26.6 Å². The molecule has 3 aromatic heterocycles. The fourth-order valence-electron chi connectivity index (χ4n) is 2.51. The van der Waals surface area contributed by atoms with Gasteiger partial charge in [0.05, 0.1) is 30.0 Å². The van der Waals surface area contributed by atoms with Crippen LogP contribution >= 0.6 is 11.8 Å². The minimum absolute atomic E-state index is 0.321. The van der Waals surface area contributed by atoms with E-state index in [1.165, 1.54) is 31.1 Å². The zero-order chi connectivity index (χ0) is 20.2. The van der Waals surface area contributed by atoms with Crippen LogP contribution in [-0.2, 0) is 4.74 Å². The summed E-state index contributed by atoms with van der Waals surface area (Å²) in [6, 6.07) is 12.4. The third kappa shape index (κ3) is 4.61. The lowest BCUT2D eigenvalue weighted by molar-refractivity contribution is 0.186. The second-order valence-corrected chi connectivity index (χ2v) is 7.00. The lowest BCUT2D eigenvalue weighted by Crippen LogP contribution is -2.11. The van der Waals surface area contributed by atoms with Gasteiger partial charge in [-0.3, -0.25) is 5.32 Å². The van der Waals surface area contributed by atoms with Crippen molar-refractivity contribution in [2.45, 2.75) is 9.79 Å². The van der Waals surface area contributed by atoms with Gasteiger partial charge in [0, 0.05) is 16.0 Å². The predicted octanol–water partition coefficient (Wildman–Crippen LogP) is 4.57. The SMILES string of the molecule is COC(=O)Nc1nc2ccc(Sc3ccc(Nc4ccc(F)nc4)nc3)cc2[nH]1. The van der Waals surface area contributed by atoms with Crippen LogP contribution in [0.3, 0.4) is 0 Å². The van der Waals surface area contributed by atoms with Crippen LogP contribution in [0.5, 0.6) is 0 Å². The number of carbonyl (C=O) groups excluding carboxylic acids is 1. The van der Waals surface area contributed by atoms with Gasteiger partial charge in [0.25, 0.3) is 0 Å². The van der Waals surface area contributed by atoms with Crippen molar-refractivity contribution in [2.24, 2.45) is 0 Å². The fraction of sp³-hybridized carbons (Fsp3) is 0.0526. The molecule has 0 aliphatic heterocycles. The number of anilines is 3. The minimum atomic E-state index is -0.588. The number of H-pyrrole nitrogens is 1. The van der Waals surface area contributed by atoms with E-state index in [1.54, 1.807) is 12.3 Å². The number of carbonyl (C=O) groups is 1. The summed E-state index contributed by atoms with van der Waals surface area (Å²) in [5.74, 6) is 0.421. The van der Waals surface area contributed by atoms with Crippen molar-refractivity contribution in [3.05, 3.63) is 60.8 Å². The number of amides is 1. The molecule has 0 unspecified atom stereocenters. The van der Waals surface area contributed by atoms with E-state index in [4.69, 9.17) is 0 Å². The molecule has 0 saturated heterocycles. The van der Waals surface area contributed by atoms with E-state index in [2.05, 4.69) is 35.3 Å². The quantitative estimate of drug-likeness (QED) is 0.414. The number of hydrogen-bond donors (Lipinski definition) is 3. The summed E-state index contributed by atoms with van der Waals surface area (Å²) >= 11 is 1.54. The highest BCUT2D eigenvalue weighted by Crippen LogP contribution is 2.30. The van der Waals surface area contributed by atoms with E-state index in [9.17, 15) is 9.18 Å². The summed E-state index contributed by atoms with van der Waals surface area (Å²) < 4.78 is 17.4. The van der Waals surface area contributed by atoms with Gasteiger partial charge in [-0.15, -0.1) is 0 Å². The molecule has 1 amide bonds. The van der Waals surface area contributed by atoms with Gasteiger partial charge >= 0.3 is 6.09 Å². The van der Waals surface area contributed by atoms with Gasteiger partial charge in [-0.25, -0.2) is 19.7 Å². The molecule has 3 N–H and O–H groups in total. The number of rotatable bonds is 5. The molecule has 10 heteroatoms. The van der Waals surface area contributed by atoms with Crippen LogP contribution in [0, 0.1) is 5.95 Å². The Bertz CT molecular complexity index is 1150. The molecule has 0 radical (unpaired) electrons. The number of halogens is 1. The molecule has 1 aromatic carbocycles. The fourth-order valence-corrected chi connectivity index (χ4v) is 3.33. The average molecular weight is 410 g/mol. The Balaban J connectivity index is 1.44. The van der Waals surface area contributed by atoms with Crippen LogP contribution in [0.15, 0.2) is 64.6 Å². The summed E-state index contributed by atoms with van der Waals surface area (Å²) in [4.78, 5) is 28.5. The third-order valence-electron chi connectivity index (χ3n) is 3.83. The highest BCUT2D eigenvalue weighted by atomic mass is 32.2. The highest BCUT2D eigenvalue weighted by molar-refractivity contribution is 7.99. The van der Waals surface area contributed by atoms with Crippen molar-refractivity contribution in [1.29, 1.82) is 0 Å². The number of aromatic nitrogens is 4. The lowest BCUT2D eigenvalue weighted by Gasteiger charge is -2.06. The molecule has 4 aromatic rings. The first-order valence-electron chi connectivity index (χ1n) is 8.46. The zero-order valence-corrected chi connectivity index (χ0v) is 16.0. The Morgan fingerprint density at radius 3 is 2.69 bits per heavy atom. The molecule has 0 spiro atoms. The van der Waals surface area contributed by atoms with E-state index >= 15 is 0 Å². The summed E-state index contributed by atoms with van der Waals surface area (Å²) in [6.45, 7) is 0. The Labute approximate surface area is 168 Å². The van der Waals surface area contributed by atoms with Crippen LogP contribution < -0.4 is 10.6 Å². The number of aromatic amines is 1. The first-order chi connectivity index (χ1) is 14.1. The van der Waals surface area contributed by atoms with E-state index < -0.39 is 12.0 Å². The van der Waals surface area contributed by atoms with Gasteiger partial charge in [0.2, 0.25) is 11.9 Å². The van der Waals surface area contributed by atoms with Crippen molar-refractivity contribution in [3.63, 3.8) is 0 Å². The van der Waals surface area contributed by atoms with Gasteiger partial charge in [0.15, 0.2) is 0 Å². The molecule has 0 atom stereocenters. The Morgan fingerprint density at radius 1 is 1.10 bits per heavy atom. The maximum atomic E-state index is 12.9. The molecule has 0 bridgehead atoms. The maximum absolute atomic E-state index is 12.9. The van der Waals surface area contributed by atoms with Gasteiger partial charge in [-0.05, 0) is 42.5 Å². The largest absolute Gasteiger partial charge is 0.453 e. The first kappa shape index (κ1) is 18.7. The molecule has 4 rings (SSSR count). The molecule has 0 aliphatic rings. The molecule has 0 saturated carbocycles. The van der Waals surface area contributed by atoms with Crippen molar-refractivity contribution in [3.8, 4) is 0 Å².